The van der Waals surface area contributed by atoms with Crippen molar-refractivity contribution >= 4 is 11.5 Å². The first kappa shape index (κ1) is 10.4. The van der Waals surface area contributed by atoms with Crippen molar-refractivity contribution in [2.75, 3.05) is 6.61 Å². The maximum absolute atomic E-state index is 10.5. The zero-order chi connectivity index (χ0) is 11.5. The predicted octanol–water partition coefficient (Wildman–Crippen LogP) is -0.480. The fourth-order valence-electron chi connectivity index (χ4n) is 1.18. The molecule has 0 saturated heterocycles. The van der Waals surface area contributed by atoms with Crippen LogP contribution in [0.25, 0.3) is 5.52 Å². The third-order valence-electron chi connectivity index (χ3n) is 2.01. The van der Waals surface area contributed by atoms with E-state index in [1.165, 1.54) is 6.20 Å². The van der Waals surface area contributed by atoms with Crippen LogP contribution in [0.15, 0.2) is 24.7 Å². The van der Waals surface area contributed by atoms with Crippen molar-refractivity contribution < 1.29 is 14.6 Å². The van der Waals surface area contributed by atoms with Gasteiger partial charge in [-0.2, -0.15) is 5.10 Å². The van der Waals surface area contributed by atoms with Crippen LogP contribution in [0.4, 0.5) is 0 Å². The highest BCUT2D eigenvalue weighted by molar-refractivity contribution is 5.73. The standard InChI is InChI=1S/C9H10N4O3/c10-6(9(14)15)5-16-8-7-1-2-12-13(7)4-3-11-8/h1-4,6H,5,10H2,(H,14,15). The number of ether oxygens (including phenoxy) is 1. The van der Waals surface area contributed by atoms with Crippen LogP contribution in [0.5, 0.6) is 5.88 Å². The van der Waals surface area contributed by atoms with E-state index < -0.39 is 12.0 Å². The van der Waals surface area contributed by atoms with Crippen LogP contribution in [0.2, 0.25) is 0 Å². The first-order chi connectivity index (χ1) is 7.68. The molecular formula is C9H10N4O3. The summed E-state index contributed by atoms with van der Waals surface area (Å²) in [4.78, 5) is 14.5. The lowest BCUT2D eigenvalue weighted by Crippen LogP contribution is -2.36. The van der Waals surface area contributed by atoms with E-state index in [-0.39, 0.29) is 6.61 Å². The number of carboxylic acids is 1. The summed E-state index contributed by atoms with van der Waals surface area (Å²) >= 11 is 0. The number of rotatable bonds is 4. The van der Waals surface area contributed by atoms with Gasteiger partial charge in [0.1, 0.15) is 18.2 Å². The molecule has 0 aromatic carbocycles. The molecule has 0 saturated carbocycles. The zero-order valence-corrected chi connectivity index (χ0v) is 8.28. The van der Waals surface area contributed by atoms with Gasteiger partial charge in [0.25, 0.3) is 0 Å². The van der Waals surface area contributed by atoms with Crippen molar-refractivity contribution in [3.8, 4) is 5.88 Å². The molecule has 2 rings (SSSR count). The number of nitrogens with zero attached hydrogens (tertiary/aromatic N) is 3. The lowest BCUT2D eigenvalue weighted by molar-refractivity contribution is -0.139. The molecule has 0 aliphatic heterocycles. The van der Waals surface area contributed by atoms with E-state index in [1.807, 2.05) is 0 Å². The van der Waals surface area contributed by atoms with Crippen LogP contribution >= 0.6 is 0 Å². The number of hydrogen-bond acceptors (Lipinski definition) is 5. The van der Waals surface area contributed by atoms with Crippen LogP contribution in [-0.2, 0) is 4.79 Å². The Morgan fingerprint density at radius 3 is 3.19 bits per heavy atom. The quantitative estimate of drug-likeness (QED) is 0.724. The summed E-state index contributed by atoms with van der Waals surface area (Å²) < 4.78 is 6.80. The largest absolute Gasteiger partial charge is 0.480 e. The minimum Gasteiger partial charge on any atom is -0.480 e. The smallest absolute Gasteiger partial charge is 0.324 e. The van der Waals surface area contributed by atoms with E-state index in [2.05, 4.69) is 10.1 Å². The van der Waals surface area contributed by atoms with E-state index >= 15 is 0 Å². The second kappa shape index (κ2) is 4.15. The molecule has 7 heteroatoms. The summed E-state index contributed by atoms with van der Waals surface area (Å²) in [6, 6.07) is 0.652. The maximum atomic E-state index is 10.5. The monoisotopic (exact) mass is 222 g/mol. The van der Waals surface area contributed by atoms with Gasteiger partial charge in [-0.25, -0.2) is 9.50 Å². The van der Waals surface area contributed by atoms with Crippen LogP contribution < -0.4 is 10.5 Å². The van der Waals surface area contributed by atoms with Gasteiger partial charge in [-0.05, 0) is 6.07 Å². The zero-order valence-electron chi connectivity index (χ0n) is 8.28. The number of aromatic nitrogens is 3. The topological polar surface area (TPSA) is 103 Å². The molecule has 0 aliphatic carbocycles. The average Bonchev–Trinajstić information content (AvgIpc) is 2.73. The third kappa shape index (κ3) is 1.94. The van der Waals surface area contributed by atoms with Gasteiger partial charge in [-0.15, -0.1) is 0 Å². The van der Waals surface area contributed by atoms with Crippen molar-refractivity contribution in [2.24, 2.45) is 5.73 Å². The second-order valence-corrected chi connectivity index (χ2v) is 3.15. The number of aliphatic carboxylic acids is 1. The molecular weight excluding hydrogens is 212 g/mol. The number of fused-ring (bicyclic) bond motifs is 1. The summed E-state index contributed by atoms with van der Waals surface area (Å²) in [5, 5.41) is 12.6. The fraction of sp³-hybridized carbons (Fsp3) is 0.222. The van der Waals surface area contributed by atoms with Gasteiger partial charge in [0.2, 0.25) is 5.88 Å². The van der Waals surface area contributed by atoms with E-state index in [4.69, 9.17) is 15.6 Å². The minimum absolute atomic E-state index is 0.132. The number of hydrogen-bond donors (Lipinski definition) is 2. The fourth-order valence-corrected chi connectivity index (χ4v) is 1.18. The van der Waals surface area contributed by atoms with Crippen molar-refractivity contribution in [1.82, 2.24) is 14.6 Å². The molecule has 0 fully saturated rings. The van der Waals surface area contributed by atoms with E-state index in [0.717, 1.165) is 0 Å². The molecule has 84 valence electrons. The predicted molar refractivity (Wildman–Crippen MR) is 54.1 cm³/mol. The lowest BCUT2D eigenvalue weighted by atomic mass is 10.3. The van der Waals surface area contributed by atoms with Gasteiger partial charge >= 0.3 is 5.97 Å². The van der Waals surface area contributed by atoms with Crippen molar-refractivity contribution in [3.63, 3.8) is 0 Å². The molecule has 0 amide bonds. The summed E-state index contributed by atoms with van der Waals surface area (Å²) in [7, 11) is 0. The van der Waals surface area contributed by atoms with Gasteiger partial charge in [-0.3, -0.25) is 4.79 Å². The van der Waals surface area contributed by atoms with E-state index in [0.29, 0.717) is 11.4 Å². The van der Waals surface area contributed by atoms with Gasteiger partial charge in [-0.1, -0.05) is 0 Å². The molecule has 1 unspecified atom stereocenters. The average molecular weight is 222 g/mol. The molecule has 7 nitrogen and oxygen atoms in total. The summed E-state index contributed by atoms with van der Waals surface area (Å²) in [5.74, 6) is -0.794. The molecule has 16 heavy (non-hydrogen) atoms. The third-order valence-corrected chi connectivity index (χ3v) is 2.01. The Kier molecular flexibility index (Phi) is 2.69. The number of carbonyl (C=O) groups is 1. The molecule has 0 radical (unpaired) electrons. The van der Waals surface area contributed by atoms with Crippen molar-refractivity contribution in [1.29, 1.82) is 0 Å². The van der Waals surface area contributed by atoms with E-state index in [1.54, 1.807) is 23.0 Å². The summed E-state index contributed by atoms with van der Waals surface area (Å²) in [6.45, 7) is -0.132. The summed E-state index contributed by atoms with van der Waals surface area (Å²) in [5.41, 5.74) is 5.98. The maximum Gasteiger partial charge on any atom is 0.324 e. The Morgan fingerprint density at radius 1 is 1.62 bits per heavy atom. The molecule has 1 atom stereocenters. The first-order valence-corrected chi connectivity index (χ1v) is 4.58. The lowest BCUT2D eigenvalue weighted by Gasteiger charge is -2.08. The Morgan fingerprint density at radius 2 is 2.44 bits per heavy atom. The molecule has 0 bridgehead atoms. The van der Waals surface area contributed by atoms with Gasteiger partial charge in [0, 0.05) is 12.4 Å². The second-order valence-electron chi connectivity index (χ2n) is 3.15. The highest BCUT2D eigenvalue weighted by Gasteiger charge is 2.13. The Labute approximate surface area is 90.5 Å². The number of carboxylic acid groups (broad SMARTS) is 1. The molecule has 2 heterocycles. The van der Waals surface area contributed by atoms with Gasteiger partial charge < -0.3 is 15.6 Å². The molecule has 0 spiro atoms. The Hall–Kier alpha value is -2.15. The highest BCUT2D eigenvalue weighted by Crippen LogP contribution is 2.14. The molecule has 2 aromatic rings. The van der Waals surface area contributed by atoms with Crippen LogP contribution in [0.3, 0.4) is 0 Å². The normalized spacial score (nSPS) is 12.6. The van der Waals surface area contributed by atoms with Gasteiger partial charge in [0.15, 0.2) is 0 Å². The minimum atomic E-state index is -1.11. The number of nitrogens with two attached hydrogens (primary N) is 1. The molecule has 2 aromatic heterocycles. The van der Waals surface area contributed by atoms with Crippen molar-refractivity contribution in [3.05, 3.63) is 24.7 Å². The van der Waals surface area contributed by atoms with Crippen molar-refractivity contribution in [2.45, 2.75) is 6.04 Å². The Balaban J connectivity index is 2.15. The molecule has 0 aliphatic rings. The SMILES string of the molecule is NC(COc1nccn2nccc12)C(=O)O. The first-order valence-electron chi connectivity index (χ1n) is 4.58. The van der Waals surface area contributed by atoms with Crippen LogP contribution in [0.1, 0.15) is 0 Å². The Bertz CT molecular complexity index is 510. The van der Waals surface area contributed by atoms with Crippen LogP contribution in [0, 0.1) is 0 Å². The molecule has 3 N–H and O–H groups in total. The highest BCUT2D eigenvalue weighted by atomic mass is 16.5. The van der Waals surface area contributed by atoms with E-state index in [9.17, 15) is 4.79 Å². The van der Waals surface area contributed by atoms with Crippen LogP contribution in [-0.4, -0.2) is 38.3 Å². The van der Waals surface area contributed by atoms with Gasteiger partial charge in [0.05, 0.1) is 6.20 Å². The summed E-state index contributed by atoms with van der Waals surface area (Å²) in [6.07, 6.45) is 4.78.